The van der Waals surface area contributed by atoms with Crippen LogP contribution in [-0.2, 0) is 4.79 Å². The highest BCUT2D eigenvalue weighted by atomic mass is 35.5. The molecular weight excluding hydrogens is 338 g/mol. The van der Waals surface area contributed by atoms with Crippen LogP contribution in [0.3, 0.4) is 0 Å². The van der Waals surface area contributed by atoms with Gasteiger partial charge in [-0.3, -0.25) is 4.79 Å². The Kier molecular flexibility index (Phi) is 5.38. The van der Waals surface area contributed by atoms with Crippen LogP contribution in [0.4, 0.5) is 10.1 Å². The molecule has 0 saturated carbocycles. The third-order valence-electron chi connectivity index (χ3n) is 3.03. The number of aryl methyl sites for hydroxylation is 1. The van der Waals surface area contributed by atoms with E-state index in [-0.39, 0.29) is 11.4 Å². The summed E-state index contributed by atoms with van der Waals surface area (Å²) >= 11 is 11.8. The van der Waals surface area contributed by atoms with Gasteiger partial charge in [0.05, 0.1) is 10.7 Å². The minimum Gasteiger partial charge on any atom is -0.320 e. The van der Waals surface area contributed by atoms with E-state index in [0.29, 0.717) is 26.9 Å². The Morgan fingerprint density at radius 3 is 2.65 bits per heavy atom. The maximum Gasteiger partial charge on any atom is 0.266 e. The number of nitrogens with one attached hydrogen (secondary N) is 1. The summed E-state index contributed by atoms with van der Waals surface area (Å²) in [7, 11) is 0. The fourth-order valence-electron chi connectivity index (χ4n) is 1.86. The number of carbonyl (C=O) groups is 1. The van der Waals surface area contributed by atoms with E-state index in [0.717, 1.165) is 0 Å². The SMILES string of the molecule is Cc1cc(C=C(C#N)C(=O)Nc2cc(Cl)ccc2Cl)ccc1F. The van der Waals surface area contributed by atoms with Gasteiger partial charge in [-0.2, -0.15) is 5.26 Å². The highest BCUT2D eigenvalue weighted by Gasteiger charge is 2.12. The Balaban J connectivity index is 2.28. The van der Waals surface area contributed by atoms with Crippen molar-refractivity contribution in [3.8, 4) is 6.07 Å². The third kappa shape index (κ3) is 4.32. The number of anilines is 1. The van der Waals surface area contributed by atoms with Gasteiger partial charge in [-0.25, -0.2) is 4.39 Å². The molecule has 0 atom stereocenters. The van der Waals surface area contributed by atoms with Gasteiger partial charge in [0, 0.05) is 5.02 Å². The van der Waals surface area contributed by atoms with Gasteiger partial charge in [0.25, 0.3) is 5.91 Å². The van der Waals surface area contributed by atoms with Gasteiger partial charge in [0.15, 0.2) is 0 Å². The number of carbonyl (C=O) groups excluding carboxylic acids is 1. The summed E-state index contributed by atoms with van der Waals surface area (Å²) < 4.78 is 13.3. The molecule has 23 heavy (non-hydrogen) atoms. The van der Waals surface area contributed by atoms with Gasteiger partial charge >= 0.3 is 0 Å². The number of nitriles is 1. The van der Waals surface area contributed by atoms with Crippen molar-refractivity contribution in [2.24, 2.45) is 0 Å². The second kappa shape index (κ2) is 7.28. The predicted molar refractivity (Wildman–Crippen MR) is 89.8 cm³/mol. The van der Waals surface area contributed by atoms with Crippen LogP contribution in [0.2, 0.25) is 10.0 Å². The van der Waals surface area contributed by atoms with E-state index in [1.807, 2.05) is 6.07 Å². The fraction of sp³-hybridized carbons (Fsp3) is 0.0588. The van der Waals surface area contributed by atoms with E-state index in [9.17, 15) is 14.4 Å². The second-order valence-corrected chi connectivity index (χ2v) is 5.60. The smallest absolute Gasteiger partial charge is 0.266 e. The van der Waals surface area contributed by atoms with Crippen LogP contribution in [-0.4, -0.2) is 5.91 Å². The maximum atomic E-state index is 13.3. The summed E-state index contributed by atoms with van der Waals surface area (Å²) in [5.74, 6) is -0.977. The number of rotatable bonds is 3. The minimum absolute atomic E-state index is 0.132. The lowest BCUT2D eigenvalue weighted by atomic mass is 10.1. The van der Waals surface area contributed by atoms with E-state index in [1.54, 1.807) is 25.1 Å². The number of hydrogen-bond acceptors (Lipinski definition) is 2. The molecule has 116 valence electrons. The molecule has 0 fully saturated rings. The summed E-state index contributed by atoms with van der Waals surface area (Å²) in [6.45, 7) is 1.60. The van der Waals surface area contributed by atoms with E-state index in [1.165, 1.54) is 24.3 Å². The van der Waals surface area contributed by atoms with Gasteiger partial charge in [0.1, 0.15) is 17.5 Å². The molecule has 0 heterocycles. The first-order valence-corrected chi connectivity index (χ1v) is 7.30. The normalized spacial score (nSPS) is 11.0. The van der Waals surface area contributed by atoms with Crippen molar-refractivity contribution in [2.45, 2.75) is 6.92 Å². The quantitative estimate of drug-likeness (QED) is 0.627. The fourth-order valence-corrected chi connectivity index (χ4v) is 2.19. The van der Waals surface area contributed by atoms with Crippen molar-refractivity contribution < 1.29 is 9.18 Å². The number of benzene rings is 2. The molecule has 0 aromatic heterocycles. The molecule has 6 heteroatoms. The van der Waals surface area contributed by atoms with Crippen molar-refractivity contribution in [3.63, 3.8) is 0 Å². The van der Waals surface area contributed by atoms with Gasteiger partial charge in [-0.1, -0.05) is 29.3 Å². The first kappa shape index (κ1) is 17.0. The van der Waals surface area contributed by atoms with Gasteiger partial charge in [-0.15, -0.1) is 0 Å². The van der Waals surface area contributed by atoms with Crippen LogP contribution in [0.1, 0.15) is 11.1 Å². The topological polar surface area (TPSA) is 52.9 Å². The van der Waals surface area contributed by atoms with E-state index < -0.39 is 5.91 Å². The highest BCUT2D eigenvalue weighted by molar-refractivity contribution is 6.36. The average molecular weight is 349 g/mol. The molecule has 0 spiro atoms. The van der Waals surface area contributed by atoms with Crippen molar-refractivity contribution in [2.75, 3.05) is 5.32 Å². The zero-order chi connectivity index (χ0) is 17.0. The second-order valence-electron chi connectivity index (χ2n) is 4.76. The molecule has 2 aromatic carbocycles. The van der Waals surface area contributed by atoms with Gasteiger partial charge in [0.2, 0.25) is 0 Å². The maximum absolute atomic E-state index is 13.3. The molecule has 0 radical (unpaired) electrons. The number of hydrogen-bond donors (Lipinski definition) is 1. The zero-order valence-corrected chi connectivity index (χ0v) is 13.5. The van der Waals surface area contributed by atoms with Crippen LogP contribution in [0, 0.1) is 24.1 Å². The number of nitrogens with zero attached hydrogens (tertiary/aromatic N) is 1. The summed E-state index contributed by atoms with van der Waals surface area (Å²) in [5, 5.41) is 12.4. The van der Waals surface area contributed by atoms with Crippen LogP contribution >= 0.6 is 23.2 Å². The van der Waals surface area contributed by atoms with Crippen molar-refractivity contribution in [1.29, 1.82) is 5.26 Å². The Labute approximate surface area is 142 Å². The molecule has 1 N–H and O–H groups in total. The molecule has 0 aliphatic carbocycles. The Hall–Kier alpha value is -2.35. The Morgan fingerprint density at radius 1 is 1.26 bits per heavy atom. The van der Waals surface area contributed by atoms with Gasteiger partial charge < -0.3 is 5.32 Å². The standard InChI is InChI=1S/C17H11Cl2FN2O/c1-10-6-11(2-5-15(10)20)7-12(9-21)17(23)22-16-8-13(18)3-4-14(16)19/h2-8H,1H3,(H,22,23). The van der Waals surface area contributed by atoms with E-state index in [4.69, 9.17) is 23.2 Å². The highest BCUT2D eigenvalue weighted by Crippen LogP contribution is 2.26. The minimum atomic E-state index is -0.626. The molecule has 1 amide bonds. The summed E-state index contributed by atoms with van der Waals surface area (Å²) in [4.78, 5) is 12.2. The first-order chi connectivity index (χ1) is 10.9. The van der Waals surface area contributed by atoms with Crippen molar-refractivity contribution >= 4 is 40.9 Å². The van der Waals surface area contributed by atoms with Crippen LogP contribution < -0.4 is 5.32 Å². The lowest BCUT2D eigenvalue weighted by Gasteiger charge is -2.07. The molecule has 0 aliphatic heterocycles. The summed E-state index contributed by atoms with van der Waals surface area (Å²) in [6.07, 6.45) is 1.38. The predicted octanol–water partition coefficient (Wildman–Crippen LogP) is 4.99. The lowest BCUT2D eigenvalue weighted by Crippen LogP contribution is -2.13. The number of amides is 1. The Bertz CT molecular complexity index is 841. The number of halogens is 3. The van der Waals surface area contributed by atoms with Crippen LogP contribution in [0.25, 0.3) is 6.08 Å². The van der Waals surface area contributed by atoms with E-state index >= 15 is 0 Å². The molecular formula is C17H11Cl2FN2O. The van der Waals surface area contributed by atoms with E-state index in [2.05, 4.69) is 5.32 Å². The molecule has 0 aliphatic rings. The monoisotopic (exact) mass is 348 g/mol. The molecule has 2 rings (SSSR count). The largest absolute Gasteiger partial charge is 0.320 e. The molecule has 2 aromatic rings. The molecule has 3 nitrogen and oxygen atoms in total. The molecule has 0 bridgehead atoms. The van der Waals surface area contributed by atoms with Crippen LogP contribution in [0.5, 0.6) is 0 Å². The molecule has 0 unspecified atom stereocenters. The van der Waals surface area contributed by atoms with Gasteiger partial charge in [-0.05, 0) is 54.5 Å². The van der Waals surface area contributed by atoms with Crippen LogP contribution in [0.15, 0.2) is 42.0 Å². The van der Waals surface area contributed by atoms with Crippen molar-refractivity contribution in [1.82, 2.24) is 0 Å². The Morgan fingerprint density at radius 2 is 2.00 bits per heavy atom. The summed E-state index contributed by atoms with van der Waals surface area (Å²) in [6, 6.07) is 10.7. The zero-order valence-electron chi connectivity index (χ0n) is 12.0. The average Bonchev–Trinajstić information content (AvgIpc) is 2.51. The lowest BCUT2D eigenvalue weighted by molar-refractivity contribution is -0.112. The third-order valence-corrected chi connectivity index (χ3v) is 3.60. The van der Waals surface area contributed by atoms with Crippen molar-refractivity contribution in [3.05, 3.63) is 69.0 Å². The first-order valence-electron chi connectivity index (χ1n) is 6.55. The molecule has 0 saturated heterocycles. The summed E-state index contributed by atoms with van der Waals surface area (Å²) in [5.41, 5.74) is 1.15.